The maximum Gasteiger partial charge on any atom is 0.0814 e. The number of hydrogen-bond donors (Lipinski definition) is 2. The number of dihydropyridines is 1. The van der Waals surface area contributed by atoms with Crippen LogP contribution in [0.2, 0.25) is 0 Å². The van der Waals surface area contributed by atoms with Gasteiger partial charge in [0, 0.05) is 30.0 Å². The smallest absolute Gasteiger partial charge is 0.0814 e. The fourth-order valence-electron chi connectivity index (χ4n) is 1.79. The highest BCUT2D eigenvalue weighted by atomic mass is 14.9. The van der Waals surface area contributed by atoms with Crippen LogP contribution in [0.1, 0.15) is 19.5 Å². The SMILES string of the molecule is CC(=CC(C)=NCc1ccccn1)N/C=C1/C=CC=CN1. The average Bonchev–Trinajstić information content (AvgIpc) is 2.53. The van der Waals surface area contributed by atoms with Crippen molar-refractivity contribution in [3.63, 3.8) is 0 Å². The Morgan fingerprint density at radius 1 is 1.33 bits per heavy atom. The molecule has 2 heterocycles. The van der Waals surface area contributed by atoms with Gasteiger partial charge in [0.1, 0.15) is 0 Å². The molecule has 1 aromatic heterocycles. The van der Waals surface area contributed by atoms with Gasteiger partial charge >= 0.3 is 0 Å². The molecule has 4 heteroatoms. The highest BCUT2D eigenvalue weighted by Crippen LogP contribution is 2.00. The molecule has 1 aromatic rings. The van der Waals surface area contributed by atoms with E-state index >= 15 is 0 Å². The van der Waals surface area contributed by atoms with Crippen molar-refractivity contribution in [2.75, 3.05) is 0 Å². The largest absolute Gasteiger partial charge is 0.363 e. The van der Waals surface area contributed by atoms with Crippen molar-refractivity contribution < 1.29 is 0 Å². The third-order valence-corrected chi connectivity index (χ3v) is 2.83. The molecule has 0 atom stereocenters. The second-order valence-electron chi connectivity index (χ2n) is 4.71. The molecule has 2 rings (SSSR count). The monoisotopic (exact) mass is 280 g/mol. The lowest BCUT2D eigenvalue weighted by Gasteiger charge is -2.07. The minimum atomic E-state index is 0.604. The summed E-state index contributed by atoms with van der Waals surface area (Å²) in [7, 11) is 0. The number of pyridine rings is 1. The van der Waals surface area contributed by atoms with E-state index in [0.29, 0.717) is 6.54 Å². The molecule has 0 spiro atoms. The van der Waals surface area contributed by atoms with Crippen LogP contribution in [0.15, 0.2) is 77.5 Å². The molecule has 0 saturated carbocycles. The summed E-state index contributed by atoms with van der Waals surface area (Å²) in [6, 6.07) is 5.86. The first-order valence-electron chi connectivity index (χ1n) is 6.90. The van der Waals surface area contributed by atoms with Crippen LogP contribution in [-0.4, -0.2) is 10.7 Å². The number of aromatic nitrogens is 1. The van der Waals surface area contributed by atoms with Crippen LogP contribution in [0.25, 0.3) is 0 Å². The molecule has 0 saturated heterocycles. The predicted octanol–water partition coefficient (Wildman–Crippen LogP) is 3.05. The van der Waals surface area contributed by atoms with Gasteiger partial charge in [0.15, 0.2) is 0 Å². The Balaban J connectivity index is 1.88. The Morgan fingerprint density at radius 3 is 2.95 bits per heavy atom. The Labute approximate surface area is 125 Å². The van der Waals surface area contributed by atoms with E-state index < -0.39 is 0 Å². The van der Waals surface area contributed by atoms with E-state index in [9.17, 15) is 0 Å². The topological polar surface area (TPSA) is 49.3 Å². The van der Waals surface area contributed by atoms with Crippen molar-refractivity contribution in [3.8, 4) is 0 Å². The van der Waals surface area contributed by atoms with Gasteiger partial charge < -0.3 is 10.6 Å². The second-order valence-corrected chi connectivity index (χ2v) is 4.71. The Hall–Kier alpha value is -2.62. The molecular formula is C17H20N4. The maximum atomic E-state index is 4.51. The van der Waals surface area contributed by atoms with Crippen LogP contribution >= 0.6 is 0 Å². The summed E-state index contributed by atoms with van der Waals surface area (Å²) in [6.07, 6.45) is 13.6. The normalized spacial score (nSPS) is 17.0. The van der Waals surface area contributed by atoms with E-state index in [4.69, 9.17) is 0 Å². The minimum Gasteiger partial charge on any atom is -0.363 e. The van der Waals surface area contributed by atoms with E-state index in [1.165, 1.54) is 0 Å². The molecule has 4 nitrogen and oxygen atoms in total. The number of hydrogen-bond acceptors (Lipinski definition) is 4. The average molecular weight is 280 g/mol. The molecule has 0 amide bonds. The maximum absolute atomic E-state index is 4.51. The van der Waals surface area contributed by atoms with E-state index in [1.807, 2.05) is 68.8 Å². The molecule has 0 bridgehead atoms. The lowest BCUT2D eigenvalue weighted by molar-refractivity contribution is 0.982. The van der Waals surface area contributed by atoms with Crippen molar-refractivity contribution in [1.82, 2.24) is 15.6 Å². The van der Waals surface area contributed by atoms with Crippen molar-refractivity contribution in [2.45, 2.75) is 20.4 Å². The predicted molar refractivity (Wildman–Crippen MR) is 87.4 cm³/mol. The number of aliphatic imine (C=N–C) groups is 1. The summed E-state index contributed by atoms with van der Waals surface area (Å²) in [6.45, 7) is 4.61. The standard InChI is InChI=1S/C17H20N4/c1-14(20-12-16-7-3-5-9-18-16)11-15(2)21-13-17-8-4-6-10-19-17/h3-12,18,20H,13H2,1-2H3/b14-11?,16-12-,21-15?. The summed E-state index contributed by atoms with van der Waals surface area (Å²) in [5.74, 6) is 0. The molecule has 0 aliphatic carbocycles. The van der Waals surface area contributed by atoms with Crippen molar-refractivity contribution in [2.24, 2.45) is 4.99 Å². The van der Waals surface area contributed by atoms with Gasteiger partial charge in [0.25, 0.3) is 0 Å². The fourth-order valence-corrected chi connectivity index (χ4v) is 1.79. The third-order valence-electron chi connectivity index (χ3n) is 2.83. The molecular weight excluding hydrogens is 260 g/mol. The first-order valence-corrected chi connectivity index (χ1v) is 6.90. The van der Waals surface area contributed by atoms with Crippen LogP contribution in [-0.2, 0) is 6.54 Å². The van der Waals surface area contributed by atoms with Crippen molar-refractivity contribution >= 4 is 5.71 Å². The quantitative estimate of drug-likeness (QED) is 0.815. The van der Waals surface area contributed by atoms with Gasteiger partial charge in [-0.05, 0) is 44.2 Å². The zero-order chi connectivity index (χ0) is 14.9. The fraction of sp³-hybridized carbons (Fsp3) is 0.176. The van der Waals surface area contributed by atoms with Gasteiger partial charge in [-0.3, -0.25) is 9.98 Å². The van der Waals surface area contributed by atoms with Crippen LogP contribution in [0.5, 0.6) is 0 Å². The number of nitrogens with zero attached hydrogens (tertiary/aromatic N) is 2. The van der Waals surface area contributed by atoms with Crippen LogP contribution in [0.3, 0.4) is 0 Å². The Bertz CT molecular complexity index is 607. The van der Waals surface area contributed by atoms with Crippen LogP contribution in [0, 0.1) is 0 Å². The van der Waals surface area contributed by atoms with Gasteiger partial charge in [-0.2, -0.15) is 0 Å². The summed E-state index contributed by atoms with van der Waals surface area (Å²) in [5, 5.41) is 6.38. The van der Waals surface area contributed by atoms with E-state index in [1.54, 1.807) is 6.20 Å². The first kappa shape index (κ1) is 14.8. The number of nitrogens with one attached hydrogen (secondary N) is 2. The number of allylic oxidation sites excluding steroid dienone is 5. The molecule has 0 radical (unpaired) electrons. The Morgan fingerprint density at radius 2 is 2.24 bits per heavy atom. The van der Waals surface area contributed by atoms with Gasteiger partial charge in [0.05, 0.1) is 17.9 Å². The molecule has 0 aromatic carbocycles. The van der Waals surface area contributed by atoms with Crippen molar-refractivity contribution in [1.29, 1.82) is 0 Å². The van der Waals surface area contributed by atoms with Crippen LogP contribution < -0.4 is 10.6 Å². The molecule has 21 heavy (non-hydrogen) atoms. The highest BCUT2D eigenvalue weighted by Gasteiger charge is 1.94. The molecule has 108 valence electrons. The molecule has 1 aliphatic rings. The Kier molecular flexibility index (Phi) is 5.52. The zero-order valence-electron chi connectivity index (χ0n) is 12.4. The summed E-state index contributed by atoms with van der Waals surface area (Å²) < 4.78 is 0. The summed E-state index contributed by atoms with van der Waals surface area (Å²) in [5.41, 5.74) is 4.00. The van der Waals surface area contributed by atoms with Gasteiger partial charge in [0.2, 0.25) is 0 Å². The van der Waals surface area contributed by atoms with Gasteiger partial charge in [-0.25, -0.2) is 0 Å². The molecule has 0 fully saturated rings. The van der Waals surface area contributed by atoms with Gasteiger partial charge in [-0.15, -0.1) is 0 Å². The number of rotatable bonds is 5. The van der Waals surface area contributed by atoms with Gasteiger partial charge in [-0.1, -0.05) is 12.1 Å². The minimum absolute atomic E-state index is 0.604. The van der Waals surface area contributed by atoms with E-state index in [0.717, 1.165) is 22.8 Å². The molecule has 0 unspecified atom stereocenters. The highest BCUT2D eigenvalue weighted by molar-refractivity contribution is 5.93. The first-order chi connectivity index (χ1) is 10.2. The lowest BCUT2D eigenvalue weighted by atomic mass is 10.3. The van der Waals surface area contributed by atoms with Crippen molar-refractivity contribution in [3.05, 3.63) is 78.2 Å². The van der Waals surface area contributed by atoms with E-state index in [-0.39, 0.29) is 0 Å². The lowest BCUT2D eigenvalue weighted by Crippen LogP contribution is -2.11. The second kappa shape index (κ2) is 7.85. The zero-order valence-corrected chi connectivity index (χ0v) is 12.4. The molecule has 1 aliphatic heterocycles. The summed E-state index contributed by atoms with van der Waals surface area (Å²) in [4.78, 5) is 8.76. The summed E-state index contributed by atoms with van der Waals surface area (Å²) >= 11 is 0. The van der Waals surface area contributed by atoms with E-state index in [2.05, 4.69) is 20.6 Å². The van der Waals surface area contributed by atoms with Crippen LogP contribution in [0.4, 0.5) is 0 Å². The molecule has 2 N–H and O–H groups in total. The third kappa shape index (κ3) is 5.48.